The Balaban J connectivity index is 1.41. The number of hydrogen-bond acceptors (Lipinski definition) is 4. The van der Waals surface area contributed by atoms with Crippen LogP contribution in [0.5, 0.6) is 0 Å². The number of urea groups is 1. The summed E-state index contributed by atoms with van der Waals surface area (Å²) in [7, 11) is 1.53. The Morgan fingerprint density at radius 1 is 1.07 bits per heavy atom. The lowest BCUT2D eigenvalue weighted by Crippen LogP contribution is -2.44. The number of nitrogens with zero attached hydrogens (tertiary/aromatic N) is 3. The molecule has 0 aromatic heterocycles. The Labute approximate surface area is 161 Å². The molecule has 2 heterocycles. The number of carbonyl (C=O) groups is 2. The van der Waals surface area contributed by atoms with Crippen LogP contribution in [0.2, 0.25) is 0 Å². The Bertz CT molecular complexity index is 625. The van der Waals surface area contributed by atoms with Gasteiger partial charge in [-0.3, -0.25) is 4.79 Å². The van der Waals surface area contributed by atoms with Crippen LogP contribution in [-0.2, 0) is 9.53 Å². The second kappa shape index (κ2) is 9.60. The van der Waals surface area contributed by atoms with Gasteiger partial charge in [-0.25, -0.2) is 4.79 Å². The number of benzene rings is 1. The Morgan fingerprint density at radius 2 is 1.81 bits per heavy atom. The molecule has 2 aliphatic rings. The van der Waals surface area contributed by atoms with E-state index in [2.05, 4.69) is 34.5 Å². The average Bonchev–Trinajstić information content (AvgIpc) is 3.03. The fourth-order valence-corrected chi connectivity index (χ4v) is 3.80. The highest BCUT2D eigenvalue weighted by Gasteiger charge is 2.25. The average molecular weight is 374 g/mol. The summed E-state index contributed by atoms with van der Waals surface area (Å²) >= 11 is 0. The summed E-state index contributed by atoms with van der Waals surface area (Å²) in [5, 5.41) is 3.10. The lowest BCUT2D eigenvalue weighted by molar-refractivity contribution is -0.135. The molecule has 3 amide bonds. The van der Waals surface area contributed by atoms with E-state index in [0.717, 1.165) is 25.9 Å². The first-order valence-corrected chi connectivity index (χ1v) is 9.77. The maximum Gasteiger partial charge on any atom is 0.317 e. The molecular weight excluding hydrogens is 344 g/mol. The lowest BCUT2D eigenvalue weighted by Gasteiger charge is -2.23. The van der Waals surface area contributed by atoms with Crippen molar-refractivity contribution in [3.8, 4) is 0 Å². The van der Waals surface area contributed by atoms with Crippen LogP contribution in [0.4, 0.5) is 10.5 Å². The van der Waals surface area contributed by atoms with E-state index < -0.39 is 0 Å². The SMILES string of the molecule is COCC(=O)N1CCCN(C(=O)NC[C@H]2CCN(c3ccccc3)C2)CC1. The molecular formula is C20H30N4O3. The number of para-hydroxylation sites is 1. The van der Waals surface area contributed by atoms with Crippen molar-refractivity contribution in [3.05, 3.63) is 30.3 Å². The summed E-state index contributed by atoms with van der Waals surface area (Å²) < 4.78 is 4.92. The van der Waals surface area contributed by atoms with Gasteiger partial charge in [0, 0.05) is 58.6 Å². The van der Waals surface area contributed by atoms with Crippen molar-refractivity contribution in [2.24, 2.45) is 5.92 Å². The van der Waals surface area contributed by atoms with Crippen LogP contribution in [0.3, 0.4) is 0 Å². The lowest BCUT2D eigenvalue weighted by atomic mass is 10.1. The summed E-state index contributed by atoms with van der Waals surface area (Å²) in [5.74, 6) is 0.465. The first-order valence-electron chi connectivity index (χ1n) is 9.77. The van der Waals surface area contributed by atoms with Gasteiger partial charge in [0.2, 0.25) is 5.91 Å². The highest BCUT2D eigenvalue weighted by molar-refractivity contribution is 5.78. The van der Waals surface area contributed by atoms with Crippen molar-refractivity contribution >= 4 is 17.6 Å². The Hall–Kier alpha value is -2.28. The van der Waals surface area contributed by atoms with Crippen LogP contribution < -0.4 is 10.2 Å². The number of amides is 3. The third-order valence-electron chi connectivity index (χ3n) is 5.35. The van der Waals surface area contributed by atoms with Crippen molar-refractivity contribution in [1.29, 1.82) is 0 Å². The topological polar surface area (TPSA) is 65.1 Å². The van der Waals surface area contributed by atoms with Crippen LogP contribution in [-0.4, -0.2) is 81.3 Å². The Kier molecular flexibility index (Phi) is 6.92. The molecule has 1 N–H and O–H groups in total. The number of anilines is 1. The number of methoxy groups -OCH3 is 1. The van der Waals surface area contributed by atoms with Crippen LogP contribution in [0.25, 0.3) is 0 Å². The largest absolute Gasteiger partial charge is 0.375 e. The molecule has 7 nitrogen and oxygen atoms in total. The summed E-state index contributed by atoms with van der Waals surface area (Å²) in [4.78, 5) is 30.5. The van der Waals surface area contributed by atoms with E-state index in [4.69, 9.17) is 4.74 Å². The van der Waals surface area contributed by atoms with Crippen molar-refractivity contribution in [2.75, 3.05) is 64.4 Å². The molecule has 2 aliphatic heterocycles. The van der Waals surface area contributed by atoms with Crippen LogP contribution >= 0.6 is 0 Å². The minimum atomic E-state index is -0.0193. The number of ether oxygens (including phenoxy) is 1. The van der Waals surface area contributed by atoms with Gasteiger partial charge in [0.05, 0.1) is 0 Å². The molecule has 1 atom stereocenters. The molecule has 7 heteroatoms. The van der Waals surface area contributed by atoms with Crippen LogP contribution in [0.1, 0.15) is 12.8 Å². The first-order chi connectivity index (χ1) is 13.2. The highest BCUT2D eigenvalue weighted by atomic mass is 16.5. The van der Waals surface area contributed by atoms with E-state index in [1.54, 1.807) is 4.90 Å². The molecule has 1 aromatic rings. The maximum absolute atomic E-state index is 12.5. The molecule has 0 aliphatic carbocycles. The van der Waals surface area contributed by atoms with Crippen LogP contribution in [0.15, 0.2) is 30.3 Å². The summed E-state index contributed by atoms with van der Waals surface area (Å²) in [6.45, 7) is 5.32. The molecule has 0 spiro atoms. The van der Waals surface area contributed by atoms with E-state index in [9.17, 15) is 9.59 Å². The van der Waals surface area contributed by atoms with Gasteiger partial charge in [0.1, 0.15) is 6.61 Å². The van der Waals surface area contributed by atoms with Crippen LogP contribution in [0, 0.1) is 5.92 Å². The first kappa shape index (κ1) is 19.5. The minimum Gasteiger partial charge on any atom is -0.375 e. The smallest absolute Gasteiger partial charge is 0.317 e. The molecule has 148 valence electrons. The molecule has 1 aromatic carbocycles. The monoisotopic (exact) mass is 374 g/mol. The van der Waals surface area contributed by atoms with E-state index in [0.29, 0.717) is 38.6 Å². The quantitative estimate of drug-likeness (QED) is 0.846. The summed E-state index contributed by atoms with van der Waals surface area (Å²) in [5.41, 5.74) is 1.25. The van der Waals surface area contributed by atoms with E-state index in [1.807, 2.05) is 11.0 Å². The molecule has 3 rings (SSSR count). The van der Waals surface area contributed by atoms with E-state index in [1.165, 1.54) is 12.8 Å². The van der Waals surface area contributed by atoms with Crippen molar-refractivity contribution in [1.82, 2.24) is 15.1 Å². The third kappa shape index (κ3) is 5.35. The van der Waals surface area contributed by atoms with Crippen molar-refractivity contribution in [2.45, 2.75) is 12.8 Å². The van der Waals surface area contributed by atoms with Gasteiger partial charge in [-0.2, -0.15) is 0 Å². The van der Waals surface area contributed by atoms with Gasteiger partial charge >= 0.3 is 6.03 Å². The fraction of sp³-hybridized carbons (Fsp3) is 0.600. The van der Waals surface area contributed by atoms with Gasteiger partial charge in [-0.15, -0.1) is 0 Å². The fourth-order valence-electron chi connectivity index (χ4n) is 3.80. The zero-order valence-corrected chi connectivity index (χ0v) is 16.1. The van der Waals surface area contributed by atoms with E-state index >= 15 is 0 Å². The van der Waals surface area contributed by atoms with Crippen molar-refractivity contribution in [3.63, 3.8) is 0 Å². The molecule has 2 fully saturated rings. The molecule has 2 saturated heterocycles. The van der Waals surface area contributed by atoms with Gasteiger partial charge in [0.15, 0.2) is 0 Å². The van der Waals surface area contributed by atoms with Gasteiger partial charge in [-0.1, -0.05) is 18.2 Å². The molecule has 0 unspecified atom stereocenters. The highest BCUT2D eigenvalue weighted by Crippen LogP contribution is 2.23. The third-order valence-corrected chi connectivity index (χ3v) is 5.35. The summed E-state index contributed by atoms with van der Waals surface area (Å²) in [6, 6.07) is 10.4. The zero-order valence-electron chi connectivity index (χ0n) is 16.1. The molecule has 27 heavy (non-hydrogen) atoms. The normalized spacial score (nSPS) is 20.5. The van der Waals surface area contributed by atoms with E-state index in [-0.39, 0.29) is 18.5 Å². The minimum absolute atomic E-state index is 0.00767. The molecule has 0 radical (unpaired) electrons. The number of rotatable bonds is 5. The standard InChI is InChI=1S/C20H30N4O3/c1-27-16-19(25)22-9-5-10-23(13-12-22)20(26)21-14-17-8-11-24(15-17)18-6-3-2-4-7-18/h2-4,6-7,17H,5,8-16H2,1H3,(H,21,26)/t17-/m1/s1. The maximum atomic E-state index is 12.5. The number of carbonyl (C=O) groups excluding carboxylic acids is 2. The number of hydrogen-bond donors (Lipinski definition) is 1. The number of nitrogens with one attached hydrogen (secondary N) is 1. The molecule has 0 saturated carbocycles. The predicted molar refractivity (Wildman–Crippen MR) is 105 cm³/mol. The molecule has 0 bridgehead atoms. The predicted octanol–water partition coefficient (Wildman–Crippen LogP) is 1.40. The zero-order chi connectivity index (χ0) is 19.1. The van der Waals surface area contributed by atoms with Gasteiger partial charge in [0.25, 0.3) is 0 Å². The Morgan fingerprint density at radius 3 is 2.59 bits per heavy atom. The summed E-state index contributed by atoms with van der Waals surface area (Å²) in [6.07, 6.45) is 1.89. The van der Waals surface area contributed by atoms with Gasteiger partial charge < -0.3 is 24.8 Å². The second-order valence-corrected chi connectivity index (χ2v) is 7.28. The second-order valence-electron chi connectivity index (χ2n) is 7.28. The van der Waals surface area contributed by atoms with Gasteiger partial charge in [-0.05, 0) is 30.9 Å². The van der Waals surface area contributed by atoms with Crippen molar-refractivity contribution < 1.29 is 14.3 Å².